The van der Waals surface area contributed by atoms with Crippen molar-refractivity contribution in [3.05, 3.63) is 0 Å². The Bertz CT molecular complexity index is 104. The Kier molecular flexibility index (Phi) is 12.3. The van der Waals surface area contributed by atoms with Gasteiger partial charge >= 0.3 is 0 Å². The van der Waals surface area contributed by atoms with Crippen LogP contribution < -0.4 is 0 Å². The number of rotatable bonds is 10. The zero-order chi connectivity index (χ0) is 10.6. The fourth-order valence-corrected chi connectivity index (χ4v) is 2.09. The summed E-state index contributed by atoms with van der Waals surface area (Å²) in [4.78, 5) is 0. The first kappa shape index (κ1) is 14.6. The molecule has 0 saturated heterocycles. The van der Waals surface area contributed by atoms with E-state index >= 15 is 0 Å². The third-order valence-electron chi connectivity index (χ3n) is 3.37. The van der Waals surface area contributed by atoms with E-state index in [9.17, 15) is 0 Å². The van der Waals surface area contributed by atoms with Crippen LogP contribution in [0.3, 0.4) is 0 Å². The third kappa shape index (κ3) is 9.21. The van der Waals surface area contributed by atoms with E-state index in [1.54, 1.807) is 0 Å². The van der Waals surface area contributed by atoms with E-state index in [0.717, 1.165) is 6.60 Å². The summed E-state index contributed by atoms with van der Waals surface area (Å²) >= 11 is 0. The zero-order valence-corrected chi connectivity index (χ0v) is 10.6. The fraction of sp³-hybridized carbons (Fsp3) is 1.00. The minimum atomic E-state index is 1.01. The van der Waals surface area contributed by atoms with Crippen molar-refractivity contribution in [2.24, 2.45) is 0 Å². The van der Waals surface area contributed by atoms with E-state index in [1.165, 1.54) is 69.1 Å². The molecule has 0 spiro atoms. The van der Waals surface area contributed by atoms with Gasteiger partial charge in [0.2, 0.25) is 0 Å². The van der Waals surface area contributed by atoms with Gasteiger partial charge in [0.05, 0.1) is 21.4 Å². The van der Waals surface area contributed by atoms with E-state index in [-0.39, 0.29) is 0 Å². The summed E-state index contributed by atoms with van der Waals surface area (Å²) < 4.78 is 0. The first-order chi connectivity index (χ1) is 6.85. The minimum absolute atomic E-state index is 1.01. The van der Waals surface area contributed by atoms with Crippen LogP contribution in [0.15, 0.2) is 0 Å². The summed E-state index contributed by atoms with van der Waals surface area (Å²) in [5.41, 5.74) is 0. The van der Waals surface area contributed by atoms with Crippen LogP contribution in [-0.2, 0) is 0 Å². The van der Waals surface area contributed by atoms with E-state index in [0.29, 0.717) is 0 Å². The summed E-state index contributed by atoms with van der Waals surface area (Å²) in [6.45, 7) is 5.66. The molecule has 0 heterocycles. The van der Waals surface area contributed by atoms with E-state index in [1.807, 2.05) is 0 Å². The molecule has 0 aromatic rings. The largest absolute Gasteiger partial charge is 0.0950 e. The van der Waals surface area contributed by atoms with Crippen molar-refractivity contribution in [1.82, 2.24) is 0 Å². The van der Waals surface area contributed by atoms with Crippen molar-refractivity contribution in [3.63, 3.8) is 0 Å². The van der Waals surface area contributed by atoms with Crippen LogP contribution in [0.4, 0.5) is 0 Å². The van der Waals surface area contributed by atoms with Crippen molar-refractivity contribution in [2.45, 2.75) is 26.5 Å². The molecular weight excluding hydrogens is 156 g/mol. The highest BCUT2D eigenvalue weighted by Gasteiger charge is 2.09. The van der Waals surface area contributed by atoms with Gasteiger partial charge in [-0.15, -0.1) is 0 Å². The highest BCUT2D eigenvalue weighted by atomic mass is 13.5. The second-order valence-corrected chi connectivity index (χ2v) is 4.59. The Labute approximate surface area is 97.6 Å². The van der Waals surface area contributed by atoms with Gasteiger partial charge in [-0.2, -0.15) is 0 Å². The zero-order valence-electron chi connectivity index (χ0n) is 10.6. The maximum Gasteiger partial charge on any atom is 0.0950 e. The van der Waals surface area contributed by atoms with Crippen LogP contribution in [0.25, 0.3) is 0 Å². The molecule has 0 aliphatic rings. The Morgan fingerprint density at radius 2 is 1.36 bits per heavy atom. The summed E-state index contributed by atoms with van der Waals surface area (Å²) in [5.74, 6) is 0. The quantitative estimate of drug-likeness (QED) is 0.232. The molecule has 0 aliphatic carbocycles. The first-order valence-corrected chi connectivity index (χ1v) is 6.85. The lowest BCUT2D eigenvalue weighted by atomic mass is 8.87. The first-order valence-electron chi connectivity index (χ1n) is 6.85. The van der Waals surface area contributed by atoms with Gasteiger partial charge in [-0.25, -0.2) is 0 Å². The molecule has 0 aromatic carbocycles. The molecule has 0 bridgehead atoms. The van der Waals surface area contributed by atoms with Crippen molar-refractivity contribution < 1.29 is 0 Å². The molecule has 0 nitrogen and oxygen atoms in total. The number of hydrogen-bond donors (Lipinski definition) is 0. The Morgan fingerprint density at radius 3 is 1.86 bits per heavy atom. The van der Waals surface area contributed by atoms with Gasteiger partial charge in [0.25, 0.3) is 0 Å². The topological polar surface area (TPSA) is 0 Å². The van der Waals surface area contributed by atoms with Crippen LogP contribution in [-0.4, -0.2) is 70.8 Å². The second-order valence-electron chi connectivity index (χ2n) is 4.59. The van der Waals surface area contributed by atoms with Crippen LogP contribution in [0.5, 0.6) is 0 Å². The molecule has 0 N–H and O–H groups in total. The van der Waals surface area contributed by atoms with E-state index < -0.39 is 0 Å². The van der Waals surface area contributed by atoms with Crippen LogP contribution in [0.2, 0.25) is 12.6 Å². The lowest BCUT2D eigenvalue weighted by Crippen LogP contribution is -2.35. The predicted molar refractivity (Wildman–Crippen MR) is 92.5 cm³/mol. The maximum atomic E-state index is 2.33. The van der Waals surface area contributed by atoms with Crippen LogP contribution in [0.1, 0.15) is 13.8 Å². The monoisotopic (exact) mass is 178 g/mol. The molecule has 66 valence electrons. The highest BCUT2D eigenvalue weighted by Crippen LogP contribution is 1.93. The Morgan fingerprint density at radius 1 is 0.857 bits per heavy atom. The minimum Gasteiger partial charge on any atom is -0.0842 e. The summed E-state index contributed by atoms with van der Waals surface area (Å²) in [7, 11) is 13.9. The average Bonchev–Trinajstić information content (AvgIpc) is 2.22. The van der Waals surface area contributed by atoms with Gasteiger partial charge in [-0.3, -0.25) is 0 Å². The third-order valence-corrected chi connectivity index (χ3v) is 3.37. The van der Waals surface area contributed by atoms with Gasteiger partial charge < -0.3 is 0 Å². The smallest absolute Gasteiger partial charge is 0.0842 e. The second kappa shape index (κ2) is 11.7. The molecule has 0 aromatic heterocycles. The number of hydrogen-bond acceptors (Lipinski definition) is 0. The fourth-order valence-electron chi connectivity index (χ4n) is 2.09. The molecule has 0 amide bonds. The van der Waals surface area contributed by atoms with Crippen molar-refractivity contribution in [2.75, 3.05) is 0 Å². The normalized spacial score (nSPS) is 8.14. The van der Waals surface area contributed by atoms with Gasteiger partial charge in [-0.05, 0) is 0 Å². The highest BCUT2D eigenvalue weighted by molar-refractivity contribution is 7.69. The maximum absolute atomic E-state index is 2.33. The van der Waals surface area contributed by atoms with Crippen molar-refractivity contribution in [3.8, 4) is 0 Å². The molecule has 0 fully saturated rings. The molecule has 0 aliphatic heterocycles. The Hall–Kier alpha value is 0.649. The molecule has 0 saturated carbocycles. The summed E-state index contributed by atoms with van der Waals surface area (Å²) in [6, 6.07) is 0. The van der Waals surface area contributed by atoms with Gasteiger partial charge in [0, 0.05) is 49.4 Å². The molecule has 0 rings (SSSR count). The molecule has 0 atom stereocenters. The predicted octanol–water partition coefficient (Wildman–Crippen LogP) is -4.54. The molecular formula is C4H20B10. The van der Waals surface area contributed by atoms with Gasteiger partial charge in [0.1, 0.15) is 0 Å². The Balaban J connectivity index is 3.04. The molecule has 14 heavy (non-hydrogen) atoms. The SMILES string of the molecule is BBBBBBBBBB(CC)CC. The van der Waals surface area contributed by atoms with Crippen molar-refractivity contribution in [1.29, 1.82) is 0 Å². The summed E-state index contributed by atoms with van der Waals surface area (Å²) in [6.07, 6.45) is 2.76. The molecule has 0 radical (unpaired) electrons. The molecule has 10 heteroatoms. The van der Waals surface area contributed by atoms with E-state index in [4.69, 9.17) is 0 Å². The lowest BCUT2D eigenvalue weighted by molar-refractivity contribution is 1.35. The van der Waals surface area contributed by atoms with Crippen molar-refractivity contribution >= 4 is 70.8 Å². The summed E-state index contributed by atoms with van der Waals surface area (Å²) in [5, 5.41) is 0. The van der Waals surface area contributed by atoms with E-state index in [2.05, 4.69) is 21.6 Å². The van der Waals surface area contributed by atoms with Crippen LogP contribution >= 0.6 is 0 Å². The van der Waals surface area contributed by atoms with Gasteiger partial charge in [0.15, 0.2) is 0 Å². The average molecular weight is 176 g/mol. The van der Waals surface area contributed by atoms with Crippen LogP contribution in [0, 0.1) is 0 Å². The lowest BCUT2D eigenvalue weighted by Gasteiger charge is -2.04. The van der Waals surface area contributed by atoms with Gasteiger partial charge in [-0.1, -0.05) is 26.5 Å². The standard InChI is InChI=1S/C4H20B10/c1-3-14(4-2)13-12-11-10-9-8-7-6-5/h6-13H,3-5H2,1-2H3. The molecule has 0 unspecified atom stereocenters.